The van der Waals surface area contributed by atoms with Crippen molar-refractivity contribution in [3.05, 3.63) is 22.5 Å². The Morgan fingerprint density at radius 2 is 1.83 bits per heavy atom. The fraction of sp³-hybridized carbons (Fsp3) is 0.684. The van der Waals surface area contributed by atoms with E-state index >= 15 is 0 Å². The maximum atomic E-state index is 12.2. The topological polar surface area (TPSA) is 59.2 Å². The molecular formula is C19H30BrNO3. The molecule has 136 valence electrons. The Kier molecular flexibility index (Phi) is 9.99. The van der Waals surface area contributed by atoms with Crippen LogP contribution in [0.1, 0.15) is 90.9 Å². The van der Waals surface area contributed by atoms with Crippen molar-refractivity contribution in [2.45, 2.75) is 71.6 Å². The van der Waals surface area contributed by atoms with Gasteiger partial charge in [0.05, 0.1) is 7.11 Å². The highest BCUT2D eigenvalue weighted by atomic mass is 79.9. The van der Waals surface area contributed by atoms with E-state index in [4.69, 9.17) is 4.74 Å². The zero-order chi connectivity index (χ0) is 17.9. The lowest BCUT2D eigenvalue weighted by Crippen LogP contribution is -2.06. The Hall–Kier alpha value is -1.10. The van der Waals surface area contributed by atoms with Crippen LogP contribution in [-0.2, 0) is 17.6 Å². The lowest BCUT2D eigenvalue weighted by atomic mass is 10.0. The number of H-pyrrole nitrogens is 1. The summed E-state index contributed by atoms with van der Waals surface area (Å²) in [6.07, 6.45) is 8.73. The van der Waals surface area contributed by atoms with Gasteiger partial charge in [0.25, 0.3) is 0 Å². The maximum absolute atomic E-state index is 12.2. The number of aromatic nitrogens is 1. The van der Waals surface area contributed by atoms with Gasteiger partial charge in [-0.2, -0.15) is 0 Å². The fourth-order valence-corrected chi connectivity index (χ4v) is 3.41. The Morgan fingerprint density at radius 3 is 2.38 bits per heavy atom. The third kappa shape index (κ3) is 5.76. The Labute approximate surface area is 153 Å². The van der Waals surface area contributed by atoms with Gasteiger partial charge in [0.15, 0.2) is 5.78 Å². The van der Waals surface area contributed by atoms with Crippen molar-refractivity contribution >= 4 is 27.7 Å². The van der Waals surface area contributed by atoms with Crippen LogP contribution in [0.3, 0.4) is 0 Å². The summed E-state index contributed by atoms with van der Waals surface area (Å²) in [5.41, 5.74) is 3.05. The molecule has 1 aliphatic rings. The van der Waals surface area contributed by atoms with Crippen LogP contribution in [0.2, 0.25) is 0 Å². The Morgan fingerprint density at radius 1 is 1.17 bits per heavy atom. The fourth-order valence-electron chi connectivity index (χ4n) is 2.85. The van der Waals surface area contributed by atoms with Crippen molar-refractivity contribution in [3.63, 3.8) is 0 Å². The van der Waals surface area contributed by atoms with Crippen molar-refractivity contribution in [1.29, 1.82) is 0 Å². The number of aromatic amines is 1. The molecule has 0 bridgehead atoms. The smallest absolute Gasteiger partial charge is 0.354 e. The van der Waals surface area contributed by atoms with E-state index in [0.29, 0.717) is 12.1 Å². The molecule has 0 spiro atoms. The van der Waals surface area contributed by atoms with Gasteiger partial charge in [0, 0.05) is 23.0 Å². The molecule has 1 aromatic heterocycles. The third-order valence-electron chi connectivity index (χ3n) is 4.20. The third-order valence-corrected chi connectivity index (χ3v) is 4.76. The van der Waals surface area contributed by atoms with Gasteiger partial charge in [-0.15, -0.1) is 0 Å². The largest absolute Gasteiger partial charge is 0.464 e. The van der Waals surface area contributed by atoms with Gasteiger partial charge in [0.1, 0.15) is 5.69 Å². The molecule has 0 aliphatic heterocycles. The van der Waals surface area contributed by atoms with Crippen LogP contribution in [0.25, 0.3) is 0 Å². The number of hydrogen-bond donors (Lipinski definition) is 1. The molecule has 0 radical (unpaired) electrons. The summed E-state index contributed by atoms with van der Waals surface area (Å²) < 4.78 is 4.81. The molecule has 0 atom stereocenters. The molecule has 5 heteroatoms. The summed E-state index contributed by atoms with van der Waals surface area (Å²) in [5.74, 6) is -0.196. The van der Waals surface area contributed by atoms with Gasteiger partial charge in [-0.1, -0.05) is 42.6 Å². The highest BCUT2D eigenvalue weighted by Gasteiger charge is 2.27. The van der Waals surface area contributed by atoms with Crippen LogP contribution in [0.5, 0.6) is 0 Å². The lowest BCUT2D eigenvalue weighted by Gasteiger charge is -2.02. The second-order valence-electron chi connectivity index (χ2n) is 6.10. The Balaban J connectivity index is 0.000000505. The number of aryl methyl sites for hydroxylation is 1. The number of ether oxygens (including phenoxy) is 1. The first-order valence-electron chi connectivity index (χ1n) is 9.01. The van der Waals surface area contributed by atoms with Crippen LogP contribution in [0.15, 0.2) is 0 Å². The number of alkyl halides is 1. The van der Waals surface area contributed by atoms with Gasteiger partial charge in [-0.25, -0.2) is 4.79 Å². The van der Waals surface area contributed by atoms with Crippen molar-refractivity contribution < 1.29 is 14.3 Å². The van der Waals surface area contributed by atoms with E-state index in [0.717, 1.165) is 60.7 Å². The SMILES string of the molecule is CCCCBr.CCCCc1[nH]c(C(=O)OC)c2c1C(=O)CCCC2. The number of halogens is 1. The summed E-state index contributed by atoms with van der Waals surface area (Å²) in [4.78, 5) is 27.2. The highest BCUT2D eigenvalue weighted by molar-refractivity contribution is 9.09. The molecule has 1 aliphatic carbocycles. The minimum atomic E-state index is -0.367. The second-order valence-corrected chi connectivity index (χ2v) is 6.89. The molecule has 1 aromatic rings. The van der Waals surface area contributed by atoms with Gasteiger partial charge in [0.2, 0.25) is 0 Å². The van der Waals surface area contributed by atoms with Crippen molar-refractivity contribution in [2.24, 2.45) is 0 Å². The molecule has 0 fully saturated rings. The number of Topliss-reactive ketones (excluding diaryl/α,β-unsaturated/α-hetero) is 1. The van der Waals surface area contributed by atoms with Crippen LogP contribution < -0.4 is 0 Å². The molecule has 0 aromatic carbocycles. The molecule has 0 saturated heterocycles. The van der Waals surface area contributed by atoms with E-state index in [-0.39, 0.29) is 11.8 Å². The predicted octanol–water partition coefficient (Wildman–Crippen LogP) is 5.23. The van der Waals surface area contributed by atoms with Crippen LogP contribution in [0, 0.1) is 0 Å². The molecule has 0 saturated carbocycles. The second kappa shape index (κ2) is 11.5. The number of esters is 1. The standard InChI is InChI=1S/C15H21NO3.C4H9Br/c1-3-4-8-11-13-10(7-5-6-9-12(13)17)14(16-11)15(18)19-2;1-2-3-4-5/h16H,3-9H2,1-2H3;2-4H2,1H3. The molecule has 4 nitrogen and oxygen atoms in total. The number of fused-ring (bicyclic) bond motifs is 1. The van der Waals surface area contributed by atoms with Crippen LogP contribution in [0.4, 0.5) is 0 Å². The summed E-state index contributed by atoms with van der Waals surface area (Å²) in [6.45, 7) is 4.30. The zero-order valence-electron chi connectivity index (χ0n) is 15.2. The predicted molar refractivity (Wildman–Crippen MR) is 101 cm³/mol. The number of carbonyl (C=O) groups is 2. The maximum Gasteiger partial charge on any atom is 0.354 e. The first-order valence-corrected chi connectivity index (χ1v) is 10.1. The molecule has 24 heavy (non-hydrogen) atoms. The van der Waals surface area contributed by atoms with E-state index < -0.39 is 0 Å². The lowest BCUT2D eigenvalue weighted by molar-refractivity contribution is 0.0593. The Bertz CT molecular complexity index is 535. The zero-order valence-corrected chi connectivity index (χ0v) is 16.8. The molecule has 0 amide bonds. The number of rotatable bonds is 6. The molecular weight excluding hydrogens is 370 g/mol. The quantitative estimate of drug-likeness (QED) is 0.404. The molecule has 0 unspecified atom stereocenters. The van der Waals surface area contributed by atoms with E-state index in [9.17, 15) is 9.59 Å². The van der Waals surface area contributed by atoms with E-state index in [1.807, 2.05) is 0 Å². The normalized spacial score (nSPS) is 13.6. The van der Waals surface area contributed by atoms with Crippen molar-refractivity contribution in [2.75, 3.05) is 12.4 Å². The van der Waals surface area contributed by atoms with E-state index in [1.54, 1.807) is 0 Å². The number of unbranched alkanes of at least 4 members (excludes halogenated alkanes) is 2. The first-order chi connectivity index (χ1) is 11.6. The minimum Gasteiger partial charge on any atom is -0.464 e. The summed E-state index contributed by atoms with van der Waals surface area (Å²) in [6, 6.07) is 0. The monoisotopic (exact) mass is 399 g/mol. The summed E-state index contributed by atoms with van der Waals surface area (Å²) in [5, 5.41) is 1.16. The first kappa shape index (κ1) is 20.9. The van der Waals surface area contributed by atoms with Crippen LogP contribution in [-0.4, -0.2) is 29.2 Å². The highest BCUT2D eigenvalue weighted by Crippen LogP contribution is 2.28. The van der Waals surface area contributed by atoms with E-state index in [2.05, 4.69) is 34.8 Å². The van der Waals surface area contributed by atoms with Gasteiger partial charge < -0.3 is 9.72 Å². The molecule has 1 N–H and O–H groups in total. The van der Waals surface area contributed by atoms with Gasteiger partial charge >= 0.3 is 5.97 Å². The number of nitrogens with one attached hydrogen (secondary N) is 1. The van der Waals surface area contributed by atoms with Crippen LogP contribution >= 0.6 is 15.9 Å². The average molecular weight is 400 g/mol. The summed E-state index contributed by atoms with van der Waals surface area (Å²) >= 11 is 3.31. The summed E-state index contributed by atoms with van der Waals surface area (Å²) in [7, 11) is 1.37. The number of carbonyl (C=O) groups excluding carboxylic acids is 2. The number of hydrogen-bond acceptors (Lipinski definition) is 3. The van der Waals surface area contributed by atoms with Gasteiger partial charge in [-0.3, -0.25) is 4.79 Å². The molecule has 1 heterocycles. The minimum absolute atomic E-state index is 0.171. The van der Waals surface area contributed by atoms with Crippen molar-refractivity contribution in [3.8, 4) is 0 Å². The van der Waals surface area contributed by atoms with Crippen molar-refractivity contribution in [1.82, 2.24) is 4.98 Å². The average Bonchev–Trinajstić information content (AvgIpc) is 2.84. The molecule has 2 rings (SSSR count). The number of ketones is 1. The van der Waals surface area contributed by atoms with E-state index in [1.165, 1.54) is 20.0 Å². The van der Waals surface area contributed by atoms with Gasteiger partial charge in [-0.05, 0) is 44.1 Å². The number of methoxy groups -OCH3 is 1.